The lowest BCUT2D eigenvalue weighted by atomic mass is 9.86. The average Bonchev–Trinajstić information content (AvgIpc) is 2.58. The summed E-state index contributed by atoms with van der Waals surface area (Å²) in [4.78, 5) is 25.2. The number of halogens is 1. The first-order valence-corrected chi connectivity index (χ1v) is 7.88. The molecule has 6 heteroatoms. The molecule has 0 fully saturated rings. The molecule has 1 atom stereocenters. The first-order valence-electron chi connectivity index (χ1n) is 7.50. The number of likely N-dealkylation sites (N-methyl/N-ethyl adjacent to an activating group) is 1. The summed E-state index contributed by atoms with van der Waals surface area (Å²) < 4.78 is 5.42. The minimum absolute atomic E-state index is 0.0607. The van der Waals surface area contributed by atoms with Gasteiger partial charge in [0.15, 0.2) is 0 Å². The zero-order valence-corrected chi connectivity index (χ0v) is 14.2. The van der Waals surface area contributed by atoms with Gasteiger partial charge < -0.3 is 15.0 Å². The minimum Gasteiger partial charge on any atom is -0.496 e. The maximum absolute atomic E-state index is 12.3. The Hall–Kier alpha value is -2.01. The van der Waals surface area contributed by atoms with Crippen LogP contribution in [0.2, 0.25) is 5.02 Å². The van der Waals surface area contributed by atoms with Crippen LogP contribution in [0.3, 0.4) is 0 Å². The van der Waals surface area contributed by atoms with Crippen LogP contribution in [0.5, 0.6) is 5.75 Å². The second kappa shape index (κ2) is 7.51. The topological polar surface area (TPSA) is 58.6 Å². The number of rotatable bonds is 5. The van der Waals surface area contributed by atoms with E-state index in [4.69, 9.17) is 16.3 Å². The summed E-state index contributed by atoms with van der Waals surface area (Å²) in [5.41, 5.74) is 2.01. The minimum atomic E-state index is -0.365. The van der Waals surface area contributed by atoms with E-state index in [9.17, 15) is 9.59 Å². The molecular formula is C17H21ClN2O3. The van der Waals surface area contributed by atoms with Crippen molar-refractivity contribution in [3.63, 3.8) is 0 Å². The third-order valence-electron chi connectivity index (χ3n) is 4.18. The van der Waals surface area contributed by atoms with Gasteiger partial charge in [-0.05, 0) is 37.5 Å². The molecule has 0 aliphatic heterocycles. The second-order valence-electron chi connectivity index (χ2n) is 5.48. The van der Waals surface area contributed by atoms with Gasteiger partial charge in [0.2, 0.25) is 11.8 Å². The van der Waals surface area contributed by atoms with Gasteiger partial charge in [-0.15, -0.1) is 0 Å². The van der Waals surface area contributed by atoms with Gasteiger partial charge in [0, 0.05) is 23.2 Å². The van der Waals surface area contributed by atoms with Crippen molar-refractivity contribution in [1.82, 2.24) is 10.2 Å². The number of amides is 2. The number of nitrogens with zero attached hydrogens (tertiary/aromatic N) is 1. The van der Waals surface area contributed by atoms with E-state index >= 15 is 0 Å². The van der Waals surface area contributed by atoms with E-state index in [-0.39, 0.29) is 24.4 Å². The average molecular weight is 337 g/mol. The first kappa shape index (κ1) is 17.3. The van der Waals surface area contributed by atoms with E-state index in [1.165, 1.54) is 0 Å². The molecule has 1 N–H and O–H groups in total. The van der Waals surface area contributed by atoms with E-state index in [1.807, 2.05) is 6.07 Å². The molecular weight excluding hydrogens is 316 g/mol. The number of nitrogens with one attached hydrogen (secondary N) is 1. The van der Waals surface area contributed by atoms with Crippen molar-refractivity contribution < 1.29 is 14.3 Å². The quantitative estimate of drug-likeness (QED) is 0.840. The van der Waals surface area contributed by atoms with Crippen molar-refractivity contribution in [3.05, 3.63) is 40.9 Å². The Labute approximate surface area is 141 Å². The molecule has 0 bridgehead atoms. The van der Waals surface area contributed by atoms with Crippen molar-refractivity contribution in [2.45, 2.75) is 25.3 Å². The van der Waals surface area contributed by atoms with Gasteiger partial charge in [0.1, 0.15) is 5.75 Å². The highest BCUT2D eigenvalue weighted by molar-refractivity contribution is 6.31. The summed E-state index contributed by atoms with van der Waals surface area (Å²) in [6.07, 6.45) is 3.80. The zero-order chi connectivity index (χ0) is 17.0. The Kier molecular flexibility index (Phi) is 5.66. The number of methoxy groups -OCH3 is 1. The molecule has 0 heterocycles. The summed E-state index contributed by atoms with van der Waals surface area (Å²) in [6, 6.07) is 3.54. The molecule has 0 spiro atoms. The molecule has 0 aromatic heterocycles. The predicted molar refractivity (Wildman–Crippen MR) is 89.7 cm³/mol. The molecule has 0 radical (unpaired) electrons. The van der Waals surface area contributed by atoms with Crippen LogP contribution >= 0.6 is 11.6 Å². The Morgan fingerprint density at radius 3 is 2.91 bits per heavy atom. The fourth-order valence-electron chi connectivity index (χ4n) is 2.96. The van der Waals surface area contributed by atoms with Crippen LogP contribution in [0.15, 0.2) is 24.8 Å². The van der Waals surface area contributed by atoms with Crippen LogP contribution in [0, 0.1) is 0 Å². The Balaban J connectivity index is 2.24. The Morgan fingerprint density at radius 1 is 1.52 bits per heavy atom. The lowest BCUT2D eigenvalue weighted by molar-refractivity contribution is -0.133. The van der Waals surface area contributed by atoms with E-state index in [1.54, 1.807) is 25.1 Å². The molecule has 5 nitrogen and oxygen atoms in total. The molecule has 0 saturated carbocycles. The molecule has 124 valence electrons. The van der Waals surface area contributed by atoms with Crippen molar-refractivity contribution in [2.75, 3.05) is 20.7 Å². The van der Waals surface area contributed by atoms with Gasteiger partial charge in [-0.2, -0.15) is 0 Å². The summed E-state index contributed by atoms with van der Waals surface area (Å²) >= 11 is 6.39. The maximum Gasteiger partial charge on any atom is 0.243 e. The summed E-state index contributed by atoms with van der Waals surface area (Å²) in [5.74, 6) is 0.266. The second-order valence-corrected chi connectivity index (χ2v) is 5.88. The molecule has 0 saturated heterocycles. The van der Waals surface area contributed by atoms with Crippen LogP contribution in [0.25, 0.3) is 0 Å². The van der Waals surface area contributed by atoms with Gasteiger partial charge in [0.05, 0.1) is 19.7 Å². The number of fused-ring (bicyclic) bond motifs is 1. The predicted octanol–water partition coefficient (Wildman–Crippen LogP) is 2.49. The zero-order valence-electron chi connectivity index (χ0n) is 13.4. The van der Waals surface area contributed by atoms with Gasteiger partial charge in [0.25, 0.3) is 0 Å². The van der Waals surface area contributed by atoms with Crippen LogP contribution in [-0.4, -0.2) is 37.4 Å². The lowest BCUT2D eigenvalue weighted by Crippen LogP contribution is -2.40. The standard InChI is InChI=1S/C17H21ClN2O3/c1-4-15(21)19-10-16(22)20(2)13-7-5-6-11-14(23-3)9-8-12(18)17(11)13/h4,8-9,13H,1,5-7,10H2,2-3H3,(H,19,21). The normalized spacial score (nSPS) is 16.2. The van der Waals surface area contributed by atoms with Gasteiger partial charge in [-0.25, -0.2) is 0 Å². The summed E-state index contributed by atoms with van der Waals surface area (Å²) in [7, 11) is 3.37. The van der Waals surface area contributed by atoms with Crippen LogP contribution in [0.1, 0.15) is 30.0 Å². The Bertz CT molecular complexity index is 631. The molecule has 1 aliphatic rings. The van der Waals surface area contributed by atoms with Crippen molar-refractivity contribution in [3.8, 4) is 5.75 Å². The smallest absolute Gasteiger partial charge is 0.243 e. The van der Waals surface area contributed by atoms with Crippen molar-refractivity contribution in [1.29, 1.82) is 0 Å². The highest BCUT2D eigenvalue weighted by Gasteiger charge is 2.30. The van der Waals surface area contributed by atoms with Gasteiger partial charge in [-0.1, -0.05) is 18.2 Å². The SMILES string of the molecule is C=CC(=O)NCC(=O)N(C)C1CCCc2c(OC)ccc(Cl)c21. The van der Waals surface area contributed by atoms with E-state index in [0.29, 0.717) is 5.02 Å². The first-order chi connectivity index (χ1) is 11.0. The molecule has 2 rings (SSSR count). The number of carbonyl (C=O) groups excluding carboxylic acids is 2. The van der Waals surface area contributed by atoms with Crippen molar-refractivity contribution in [2.24, 2.45) is 0 Å². The third kappa shape index (κ3) is 3.67. The number of hydrogen-bond acceptors (Lipinski definition) is 3. The van der Waals surface area contributed by atoms with Gasteiger partial charge in [-0.3, -0.25) is 9.59 Å². The highest BCUT2D eigenvalue weighted by atomic mass is 35.5. The molecule has 1 aromatic carbocycles. The highest BCUT2D eigenvalue weighted by Crippen LogP contribution is 2.42. The monoisotopic (exact) mass is 336 g/mol. The third-order valence-corrected chi connectivity index (χ3v) is 4.51. The number of ether oxygens (including phenoxy) is 1. The van der Waals surface area contributed by atoms with E-state index < -0.39 is 0 Å². The van der Waals surface area contributed by atoms with Gasteiger partial charge >= 0.3 is 0 Å². The molecule has 1 aromatic rings. The number of carbonyl (C=O) groups is 2. The Morgan fingerprint density at radius 2 is 2.26 bits per heavy atom. The maximum atomic E-state index is 12.3. The van der Waals surface area contributed by atoms with Crippen LogP contribution in [-0.2, 0) is 16.0 Å². The van der Waals surface area contributed by atoms with E-state index in [2.05, 4.69) is 11.9 Å². The number of hydrogen-bond donors (Lipinski definition) is 1. The fraction of sp³-hybridized carbons (Fsp3) is 0.412. The number of benzene rings is 1. The summed E-state index contributed by atoms with van der Waals surface area (Å²) in [6.45, 7) is 3.30. The fourth-order valence-corrected chi connectivity index (χ4v) is 3.27. The molecule has 1 aliphatic carbocycles. The molecule has 23 heavy (non-hydrogen) atoms. The summed E-state index contributed by atoms with van der Waals surface area (Å²) in [5, 5.41) is 3.15. The largest absolute Gasteiger partial charge is 0.496 e. The van der Waals surface area contributed by atoms with Crippen molar-refractivity contribution >= 4 is 23.4 Å². The van der Waals surface area contributed by atoms with Crippen LogP contribution < -0.4 is 10.1 Å². The van der Waals surface area contributed by atoms with Crippen LogP contribution in [0.4, 0.5) is 0 Å². The lowest BCUT2D eigenvalue weighted by Gasteiger charge is -2.34. The van der Waals surface area contributed by atoms with E-state index in [0.717, 1.165) is 42.2 Å². The molecule has 2 amide bonds. The molecule has 1 unspecified atom stereocenters.